The predicted octanol–water partition coefficient (Wildman–Crippen LogP) is 4.09. The van der Waals surface area contributed by atoms with Gasteiger partial charge < -0.3 is 24.5 Å². The van der Waals surface area contributed by atoms with Gasteiger partial charge in [0.2, 0.25) is 17.7 Å². The lowest BCUT2D eigenvalue weighted by molar-refractivity contribution is -0.156. The second kappa shape index (κ2) is 11.7. The molecule has 4 aliphatic rings. The van der Waals surface area contributed by atoms with Crippen molar-refractivity contribution in [3.8, 4) is 0 Å². The van der Waals surface area contributed by atoms with Gasteiger partial charge in [-0.1, -0.05) is 56.5 Å². The Kier molecular flexibility index (Phi) is 8.44. The van der Waals surface area contributed by atoms with E-state index >= 15 is 0 Å². The number of aliphatic hydroxyl groups excluding tert-OH is 1. The van der Waals surface area contributed by atoms with Gasteiger partial charge in [0.1, 0.15) is 11.6 Å². The van der Waals surface area contributed by atoms with Crippen molar-refractivity contribution in [3.05, 3.63) is 55.6 Å². The topological polar surface area (TPSA) is 90.4 Å². The highest BCUT2D eigenvalue weighted by molar-refractivity contribution is 6.03. The van der Waals surface area contributed by atoms with Crippen molar-refractivity contribution in [2.75, 3.05) is 24.6 Å². The minimum absolute atomic E-state index is 0.0728. The lowest BCUT2D eigenvalue weighted by Crippen LogP contribution is -2.60. The normalized spacial score (nSPS) is 31.5. The zero-order valence-corrected chi connectivity index (χ0v) is 24.5. The summed E-state index contributed by atoms with van der Waals surface area (Å²) in [5.41, 5.74) is -1.29. The van der Waals surface area contributed by atoms with Crippen LogP contribution in [0.15, 0.2) is 55.6 Å². The summed E-state index contributed by atoms with van der Waals surface area (Å²) in [5.74, 6) is -2.18. The summed E-state index contributed by atoms with van der Waals surface area (Å²) in [6, 6.07) is 8.03. The summed E-state index contributed by atoms with van der Waals surface area (Å²) in [6.45, 7) is 12.0. The maximum atomic E-state index is 14.7. The van der Waals surface area contributed by atoms with Crippen LogP contribution in [0.25, 0.3) is 0 Å². The van der Waals surface area contributed by atoms with E-state index < -0.39 is 35.1 Å². The van der Waals surface area contributed by atoms with Gasteiger partial charge in [-0.3, -0.25) is 14.4 Å². The highest BCUT2D eigenvalue weighted by atomic mass is 16.5. The fraction of sp³-hybridized carbons (Fsp3) is 0.606. The maximum Gasteiger partial charge on any atom is 0.248 e. The highest BCUT2D eigenvalue weighted by Gasteiger charge is 2.79. The number of aliphatic hydroxyl groups is 1. The largest absolute Gasteiger partial charge is 0.394 e. The molecule has 4 fully saturated rings. The SMILES string of the molecule is C=CCN(C(=O)[C@@H]1[C@H]2C(=O)N([C@@H](CC)CO)C(C(=O)N(CC=C)C3CCCCC3)C23CC[C@@]1(C)O3)c1ccccc1. The Hall–Kier alpha value is -2.97. The maximum absolute atomic E-state index is 14.7. The quantitative estimate of drug-likeness (QED) is 0.410. The lowest BCUT2D eigenvalue weighted by Gasteiger charge is -2.42. The van der Waals surface area contributed by atoms with E-state index in [1.807, 2.05) is 49.1 Å². The van der Waals surface area contributed by atoms with E-state index in [0.717, 1.165) is 37.8 Å². The second-order valence-electron chi connectivity index (χ2n) is 12.4. The standard InChI is InChI=1S/C33H45N3O5/c1-5-20-34(24-14-10-8-11-15-24)29(38)26-27-30(39)36(23(7-3)22-37)28(33(27)19-18-32(26,4)41-33)31(40)35(21-6-2)25-16-12-9-13-17-25/h5-6,8,10-11,14-15,23,25-28,37H,1-2,7,9,12-13,16-22H2,3-4H3/t23-,26-,27-,28?,32+,33?/m0/s1. The van der Waals surface area contributed by atoms with Crippen LogP contribution < -0.4 is 4.90 Å². The number of hydrogen-bond acceptors (Lipinski definition) is 5. The van der Waals surface area contributed by atoms with E-state index in [0.29, 0.717) is 32.4 Å². The number of hydrogen-bond donors (Lipinski definition) is 1. The molecule has 5 rings (SSSR count). The molecule has 2 unspecified atom stereocenters. The summed E-state index contributed by atoms with van der Waals surface area (Å²) in [7, 11) is 0. The predicted molar refractivity (Wildman–Crippen MR) is 158 cm³/mol. The molecule has 1 aromatic rings. The number of nitrogens with zero attached hydrogens (tertiary/aromatic N) is 3. The van der Waals surface area contributed by atoms with Gasteiger partial charge in [-0.05, 0) is 51.2 Å². The van der Waals surface area contributed by atoms with E-state index in [2.05, 4.69) is 13.2 Å². The molecule has 1 spiro atoms. The number of para-hydroxylation sites is 1. The molecule has 8 nitrogen and oxygen atoms in total. The molecule has 1 aliphatic carbocycles. The molecule has 0 radical (unpaired) electrons. The summed E-state index contributed by atoms with van der Waals surface area (Å²) in [4.78, 5) is 48.8. The van der Waals surface area contributed by atoms with Gasteiger partial charge >= 0.3 is 0 Å². The first kappa shape index (κ1) is 29.5. The third kappa shape index (κ3) is 4.73. The average molecular weight is 564 g/mol. The number of amides is 3. The number of carbonyl (C=O) groups is 3. The van der Waals surface area contributed by atoms with Gasteiger partial charge in [-0.15, -0.1) is 13.2 Å². The Bertz CT molecular complexity index is 1160. The summed E-state index contributed by atoms with van der Waals surface area (Å²) in [5, 5.41) is 10.4. The molecule has 0 aromatic heterocycles. The van der Waals surface area contributed by atoms with Crippen molar-refractivity contribution in [1.29, 1.82) is 0 Å². The number of fused-ring (bicyclic) bond motifs is 1. The van der Waals surface area contributed by atoms with Crippen LogP contribution in [0.5, 0.6) is 0 Å². The van der Waals surface area contributed by atoms with Gasteiger partial charge in [0.05, 0.1) is 30.1 Å². The molecule has 41 heavy (non-hydrogen) atoms. The van der Waals surface area contributed by atoms with E-state index in [1.54, 1.807) is 22.0 Å². The van der Waals surface area contributed by atoms with E-state index in [-0.39, 0.29) is 30.4 Å². The zero-order chi connectivity index (χ0) is 29.4. The first-order valence-electron chi connectivity index (χ1n) is 15.3. The molecule has 3 heterocycles. The van der Waals surface area contributed by atoms with Gasteiger partial charge in [0.15, 0.2) is 0 Å². The third-order valence-electron chi connectivity index (χ3n) is 10.1. The number of benzene rings is 1. The van der Waals surface area contributed by atoms with Crippen molar-refractivity contribution in [3.63, 3.8) is 0 Å². The molecule has 3 saturated heterocycles. The number of rotatable bonds is 11. The fourth-order valence-electron chi connectivity index (χ4n) is 8.16. The van der Waals surface area contributed by atoms with Gasteiger partial charge in [0.25, 0.3) is 0 Å². The van der Waals surface area contributed by atoms with Crippen molar-refractivity contribution in [2.45, 2.75) is 94.5 Å². The molecular weight excluding hydrogens is 518 g/mol. The monoisotopic (exact) mass is 563 g/mol. The summed E-state index contributed by atoms with van der Waals surface area (Å²) in [6.07, 6.45) is 10.1. The second-order valence-corrected chi connectivity index (χ2v) is 12.4. The number of ether oxygens (including phenoxy) is 1. The van der Waals surface area contributed by atoms with E-state index in [9.17, 15) is 19.5 Å². The van der Waals surface area contributed by atoms with Gasteiger partial charge in [0, 0.05) is 24.8 Å². The average Bonchev–Trinajstić information content (AvgIpc) is 3.56. The first-order chi connectivity index (χ1) is 19.8. The smallest absolute Gasteiger partial charge is 0.248 e. The Balaban J connectivity index is 1.59. The summed E-state index contributed by atoms with van der Waals surface area (Å²) < 4.78 is 6.87. The number of anilines is 1. The molecular formula is C33H45N3O5. The van der Waals surface area contributed by atoms with Crippen LogP contribution in [0.3, 0.4) is 0 Å². The molecule has 6 atom stereocenters. The van der Waals surface area contributed by atoms with Crippen molar-refractivity contribution in [2.24, 2.45) is 11.8 Å². The van der Waals surface area contributed by atoms with E-state index in [4.69, 9.17) is 4.74 Å². The van der Waals surface area contributed by atoms with E-state index in [1.165, 1.54) is 0 Å². The third-order valence-corrected chi connectivity index (χ3v) is 10.1. The highest BCUT2D eigenvalue weighted by Crippen LogP contribution is 2.64. The number of carbonyl (C=O) groups excluding carboxylic acids is 3. The van der Waals surface area contributed by atoms with Crippen LogP contribution in [-0.2, 0) is 19.1 Å². The van der Waals surface area contributed by atoms with Crippen LogP contribution in [0.1, 0.15) is 65.2 Å². The Labute approximate surface area is 244 Å². The van der Waals surface area contributed by atoms with Crippen LogP contribution >= 0.6 is 0 Å². The first-order valence-corrected chi connectivity index (χ1v) is 15.3. The molecule has 2 bridgehead atoms. The molecule has 1 N–H and O–H groups in total. The molecule has 222 valence electrons. The Morgan fingerprint density at radius 1 is 1.10 bits per heavy atom. The van der Waals surface area contributed by atoms with Crippen LogP contribution in [0.2, 0.25) is 0 Å². The zero-order valence-electron chi connectivity index (χ0n) is 24.5. The van der Waals surface area contributed by atoms with Gasteiger partial charge in [-0.2, -0.15) is 0 Å². The Morgan fingerprint density at radius 2 is 1.78 bits per heavy atom. The molecule has 8 heteroatoms. The molecule has 3 amide bonds. The molecule has 3 aliphatic heterocycles. The minimum Gasteiger partial charge on any atom is -0.394 e. The fourth-order valence-corrected chi connectivity index (χ4v) is 8.16. The lowest BCUT2D eigenvalue weighted by atomic mass is 9.66. The molecule has 1 saturated carbocycles. The van der Waals surface area contributed by atoms with Crippen molar-refractivity contribution >= 4 is 23.4 Å². The summed E-state index contributed by atoms with van der Waals surface area (Å²) >= 11 is 0. The van der Waals surface area contributed by atoms with Crippen LogP contribution in [-0.4, -0.2) is 81.7 Å². The van der Waals surface area contributed by atoms with Crippen molar-refractivity contribution < 1.29 is 24.2 Å². The number of likely N-dealkylation sites (tertiary alicyclic amines) is 1. The van der Waals surface area contributed by atoms with Crippen LogP contribution in [0.4, 0.5) is 5.69 Å². The molecule has 1 aromatic carbocycles. The van der Waals surface area contributed by atoms with Gasteiger partial charge in [-0.25, -0.2) is 0 Å². The van der Waals surface area contributed by atoms with Crippen molar-refractivity contribution in [1.82, 2.24) is 9.80 Å². The Morgan fingerprint density at radius 3 is 2.39 bits per heavy atom. The minimum atomic E-state index is -1.13. The van der Waals surface area contributed by atoms with Crippen LogP contribution in [0, 0.1) is 11.8 Å².